The fraction of sp³-hybridized carbons (Fsp3) is 0.200. The van der Waals surface area contributed by atoms with Gasteiger partial charge in [0, 0.05) is 5.56 Å². The van der Waals surface area contributed by atoms with Crippen LogP contribution in [-0.2, 0) is 11.2 Å². The van der Waals surface area contributed by atoms with Gasteiger partial charge in [0.05, 0.1) is 0 Å². The molecule has 2 N–H and O–H groups in total. The van der Waals surface area contributed by atoms with Crippen LogP contribution in [0.15, 0.2) is 24.3 Å². The lowest BCUT2D eigenvalue weighted by Crippen LogP contribution is -2.03. The molecule has 1 aromatic carbocycles. The predicted octanol–water partition coefficient (Wildman–Crippen LogP) is 2.20. The molecule has 0 saturated carbocycles. The highest BCUT2D eigenvalue weighted by Crippen LogP contribution is 2.06. The molecule has 0 unspecified atom stereocenters. The van der Waals surface area contributed by atoms with Crippen molar-refractivity contribution in [2.75, 3.05) is 0 Å². The number of hydrogen-bond acceptors (Lipinski definition) is 3. The molecule has 0 saturated heterocycles. The quantitative estimate of drug-likeness (QED) is 0.538. The van der Waals surface area contributed by atoms with Gasteiger partial charge in [0.1, 0.15) is 0 Å². The van der Waals surface area contributed by atoms with Crippen molar-refractivity contribution in [3.8, 4) is 0 Å². The van der Waals surface area contributed by atoms with Crippen molar-refractivity contribution >= 4 is 12.3 Å². The van der Waals surface area contributed by atoms with Crippen molar-refractivity contribution in [1.82, 2.24) is 0 Å². The summed E-state index contributed by atoms with van der Waals surface area (Å²) in [5.41, 5.74) is 1.87. The van der Waals surface area contributed by atoms with Crippen LogP contribution in [0.1, 0.15) is 18.1 Å². The highest BCUT2D eigenvalue weighted by atomic mass is 16.5. The molecule has 3 heteroatoms. The number of nitrogens with one attached hydrogen (secondary N) is 2. The average Bonchev–Trinajstić information content (AvgIpc) is 2.18. The Hall–Kier alpha value is -1.64. The highest BCUT2D eigenvalue weighted by molar-refractivity contribution is 5.95. The van der Waals surface area contributed by atoms with Gasteiger partial charge in [0.2, 0.25) is 5.90 Å². The second-order valence-electron chi connectivity index (χ2n) is 2.62. The van der Waals surface area contributed by atoms with E-state index in [1.54, 1.807) is 6.07 Å². The Balaban J connectivity index is 2.87. The third-order valence-corrected chi connectivity index (χ3v) is 1.77. The second-order valence-corrected chi connectivity index (χ2v) is 2.62. The molecule has 68 valence electrons. The van der Waals surface area contributed by atoms with Crippen LogP contribution in [0.25, 0.3) is 0 Å². The fourth-order valence-corrected chi connectivity index (χ4v) is 1.06. The lowest BCUT2D eigenvalue weighted by molar-refractivity contribution is 0.561. The number of hydrogen-bond donors (Lipinski definition) is 2. The van der Waals surface area contributed by atoms with Crippen LogP contribution in [0.2, 0.25) is 0 Å². The molecule has 0 atom stereocenters. The molecule has 13 heavy (non-hydrogen) atoms. The summed E-state index contributed by atoms with van der Waals surface area (Å²) in [5.74, 6) is 0.0188. The maximum absolute atomic E-state index is 7.43. The first-order chi connectivity index (χ1) is 6.27. The van der Waals surface area contributed by atoms with E-state index >= 15 is 0 Å². The molecule has 0 amide bonds. The van der Waals surface area contributed by atoms with Gasteiger partial charge >= 0.3 is 0 Å². The van der Waals surface area contributed by atoms with Crippen LogP contribution in [0.5, 0.6) is 0 Å². The molecule has 0 heterocycles. The summed E-state index contributed by atoms with van der Waals surface area (Å²) in [6, 6.07) is 7.58. The standard InChI is InChI=1S/C10H12N2O/c1-2-8-4-3-5-9(6-8)10(12)13-7-11/h3-7,11-12H,2H2,1H3. The Morgan fingerprint density at radius 2 is 2.31 bits per heavy atom. The van der Waals surface area contributed by atoms with Crippen LogP contribution in [0, 0.1) is 10.8 Å². The van der Waals surface area contributed by atoms with E-state index in [2.05, 4.69) is 11.7 Å². The summed E-state index contributed by atoms with van der Waals surface area (Å²) in [6.07, 6.45) is 1.70. The molecule has 3 nitrogen and oxygen atoms in total. The normalized spacial score (nSPS) is 9.31. The summed E-state index contributed by atoms with van der Waals surface area (Å²) in [4.78, 5) is 0. The third kappa shape index (κ3) is 2.40. The van der Waals surface area contributed by atoms with E-state index in [1.165, 1.54) is 0 Å². The van der Waals surface area contributed by atoms with E-state index in [-0.39, 0.29) is 5.90 Å². The van der Waals surface area contributed by atoms with Gasteiger partial charge in [-0.15, -0.1) is 0 Å². The minimum atomic E-state index is 0.0188. The van der Waals surface area contributed by atoms with Crippen LogP contribution in [0.4, 0.5) is 0 Å². The molecule has 1 aromatic rings. The van der Waals surface area contributed by atoms with Crippen LogP contribution >= 0.6 is 0 Å². The molecular formula is C10H12N2O. The van der Waals surface area contributed by atoms with E-state index in [4.69, 9.17) is 10.8 Å². The van der Waals surface area contributed by atoms with Gasteiger partial charge in [-0.2, -0.15) is 0 Å². The summed E-state index contributed by atoms with van der Waals surface area (Å²) in [6.45, 7) is 2.06. The maximum atomic E-state index is 7.43. The van der Waals surface area contributed by atoms with Gasteiger partial charge in [0.25, 0.3) is 0 Å². The van der Waals surface area contributed by atoms with Gasteiger partial charge in [-0.3, -0.25) is 10.8 Å². The molecule has 0 aliphatic heterocycles. The van der Waals surface area contributed by atoms with Gasteiger partial charge in [0.15, 0.2) is 6.40 Å². The molecule has 0 fully saturated rings. The minimum absolute atomic E-state index is 0.0188. The van der Waals surface area contributed by atoms with Crippen molar-refractivity contribution in [3.63, 3.8) is 0 Å². The first-order valence-corrected chi connectivity index (χ1v) is 4.11. The van der Waals surface area contributed by atoms with E-state index in [0.29, 0.717) is 5.56 Å². The zero-order chi connectivity index (χ0) is 9.68. The van der Waals surface area contributed by atoms with Gasteiger partial charge in [-0.1, -0.05) is 19.1 Å². The molecular weight excluding hydrogens is 164 g/mol. The molecule has 0 aromatic heterocycles. The Morgan fingerprint density at radius 3 is 2.92 bits per heavy atom. The van der Waals surface area contributed by atoms with Crippen LogP contribution in [-0.4, -0.2) is 12.3 Å². The summed E-state index contributed by atoms with van der Waals surface area (Å²) >= 11 is 0. The SMILES string of the molecule is CCc1cccc(C(=N)OC=N)c1. The van der Waals surface area contributed by atoms with Crippen molar-refractivity contribution in [1.29, 1.82) is 10.8 Å². The minimum Gasteiger partial charge on any atom is -0.428 e. The molecule has 1 rings (SSSR count). The van der Waals surface area contributed by atoms with E-state index < -0.39 is 0 Å². The van der Waals surface area contributed by atoms with Crippen LogP contribution in [0.3, 0.4) is 0 Å². The summed E-state index contributed by atoms with van der Waals surface area (Å²) in [7, 11) is 0. The molecule has 0 aliphatic carbocycles. The molecule has 0 aliphatic rings. The molecule has 0 radical (unpaired) electrons. The predicted molar refractivity (Wildman–Crippen MR) is 52.5 cm³/mol. The second kappa shape index (κ2) is 4.40. The number of benzene rings is 1. The maximum Gasteiger partial charge on any atom is 0.220 e. The Kier molecular flexibility index (Phi) is 3.20. The van der Waals surface area contributed by atoms with Gasteiger partial charge in [-0.25, -0.2) is 0 Å². The lowest BCUT2D eigenvalue weighted by Gasteiger charge is -2.03. The number of rotatable bonds is 3. The van der Waals surface area contributed by atoms with Crippen molar-refractivity contribution in [2.45, 2.75) is 13.3 Å². The zero-order valence-electron chi connectivity index (χ0n) is 7.50. The van der Waals surface area contributed by atoms with Gasteiger partial charge in [-0.05, 0) is 24.1 Å². The average molecular weight is 176 g/mol. The van der Waals surface area contributed by atoms with E-state index in [9.17, 15) is 0 Å². The number of ether oxygens (including phenoxy) is 1. The number of aryl methyl sites for hydroxylation is 1. The monoisotopic (exact) mass is 176 g/mol. The first-order valence-electron chi connectivity index (χ1n) is 4.11. The topological polar surface area (TPSA) is 56.9 Å². The Morgan fingerprint density at radius 1 is 1.54 bits per heavy atom. The zero-order valence-corrected chi connectivity index (χ0v) is 7.50. The smallest absolute Gasteiger partial charge is 0.220 e. The fourth-order valence-electron chi connectivity index (χ4n) is 1.06. The Bertz CT molecular complexity index is 320. The largest absolute Gasteiger partial charge is 0.428 e. The lowest BCUT2D eigenvalue weighted by atomic mass is 10.1. The molecule has 0 bridgehead atoms. The van der Waals surface area contributed by atoms with E-state index in [1.807, 2.05) is 18.2 Å². The Labute approximate surface area is 77.4 Å². The van der Waals surface area contributed by atoms with E-state index in [0.717, 1.165) is 18.4 Å². The third-order valence-electron chi connectivity index (χ3n) is 1.77. The first kappa shape index (κ1) is 9.45. The summed E-state index contributed by atoms with van der Waals surface area (Å²) in [5, 5.41) is 14.1. The van der Waals surface area contributed by atoms with Crippen LogP contribution < -0.4 is 0 Å². The van der Waals surface area contributed by atoms with Crippen molar-refractivity contribution in [2.24, 2.45) is 0 Å². The molecule has 0 spiro atoms. The van der Waals surface area contributed by atoms with Crippen molar-refractivity contribution in [3.05, 3.63) is 35.4 Å². The van der Waals surface area contributed by atoms with Crippen molar-refractivity contribution < 1.29 is 4.74 Å². The van der Waals surface area contributed by atoms with Gasteiger partial charge < -0.3 is 4.74 Å². The highest BCUT2D eigenvalue weighted by Gasteiger charge is 2.01. The summed E-state index contributed by atoms with van der Waals surface area (Å²) < 4.78 is 4.65.